The monoisotopic (exact) mass is 461 g/mol. The number of carbonyl (C=O) groups is 2. The Morgan fingerprint density at radius 2 is 1.79 bits per heavy atom. The summed E-state index contributed by atoms with van der Waals surface area (Å²) in [5, 5.41) is 14.1. The van der Waals surface area contributed by atoms with Gasteiger partial charge >= 0.3 is 5.97 Å². The van der Waals surface area contributed by atoms with Gasteiger partial charge in [-0.3, -0.25) is 19.9 Å². The molecule has 33 heavy (non-hydrogen) atoms. The van der Waals surface area contributed by atoms with E-state index >= 15 is 0 Å². The van der Waals surface area contributed by atoms with Gasteiger partial charge in [0.25, 0.3) is 11.6 Å². The van der Waals surface area contributed by atoms with Gasteiger partial charge in [0.15, 0.2) is 0 Å². The molecule has 3 aromatic carbocycles. The summed E-state index contributed by atoms with van der Waals surface area (Å²) in [5.74, 6) is -1.36. The highest BCUT2D eigenvalue weighted by atomic mass is 35.5. The van der Waals surface area contributed by atoms with Crippen LogP contribution in [-0.4, -0.2) is 21.8 Å². The fraction of sp³-hybridized carbons (Fsp3) is 0.0417. The predicted octanol–water partition coefficient (Wildman–Crippen LogP) is 5.33. The molecule has 0 saturated heterocycles. The second kappa shape index (κ2) is 9.46. The number of halogens is 1. The summed E-state index contributed by atoms with van der Waals surface area (Å²) in [7, 11) is 0. The molecule has 164 valence electrons. The predicted molar refractivity (Wildman–Crippen MR) is 123 cm³/mol. The van der Waals surface area contributed by atoms with Crippen LogP contribution >= 0.6 is 11.6 Å². The number of nitrogens with zero attached hydrogens (tertiary/aromatic N) is 2. The molecule has 1 atom stereocenters. The molecule has 8 nitrogen and oxygen atoms in total. The van der Waals surface area contributed by atoms with Crippen molar-refractivity contribution in [1.82, 2.24) is 4.98 Å². The van der Waals surface area contributed by atoms with Gasteiger partial charge in [-0.1, -0.05) is 54.1 Å². The number of nitro benzene ring substituents is 1. The van der Waals surface area contributed by atoms with Gasteiger partial charge in [-0.2, -0.15) is 0 Å². The molecule has 9 heteroatoms. The van der Waals surface area contributed by atoms with Gasteiger partial charge in [0.05, 0.1) is 26.7 Å². The van der Waals surface area contributed by atoms with Crippen molar-refractivity contribution in [3.8, 4) is 0 Å². The number of carbonyl (C=O) groups excluding carboxylic acids is 2. The van der Waals surface area contributed by atoms with Crippen LogP contribution < -0.4 is 5.32 Å². The third-order valence-corrected chi connectivity index (χ3v) is 5.17. The van der Waals surface area contributed by atoms with Crippen molar-refractivity contribution in [2.45, 2.75) is 6.10 Å². The fourth-order valence-electron chi connectivity index (χ4n) is 3.27. The van der Waals surface area contributed by atoms with E-state index in [4.69, 9.17) is 16.3 Å². The zero-order chi connectivity index (χ0) is 23.4. The van der Waals surface area contributed by atoms with Crippen LogP contribution in [-0.2, 0) is 9.53 Å². The number of hydrogen-bond donors (Lipinski definition) is 1. The van der Waals surface area contributed by atoms with E-state index in [1.807, 2.05) is 0 Å². The van der Waals surface area contributed by atoms with Crippen molar-refractivity contribution in [2.24, 2.45) is 0 Å². The summed E-state index contributed by atoms with van der Waals surface area (Å²) in [6.07, 6.45) is 0.322. The highest BCUT2D eigenvalue weighted by Gasteiger charge is 2.27. The molecule has 0 aliphatic rings. The quantitative estimate of drug-likeness (QED) is 0.236. The average molecular weight is 462 g/mol. The highest BCUT2D eigenvalue weighted by molar-refractivity contribution is 6.34. The van der Waals surface area contributed by atoms with E-state index in [2.05, 4.69) is 10.3 Å². The largest absolute Gasteiger partial charge is 0.444 e. The molecule has 1 amide bonds. The van der Waals surface area contributed by atoms with Crippen LogP contribution in [0.1, 0.15) is 22.0 Å². The SMILES string of the molecule is O=C(OC(C(=O)Nc1ccc([N+](=O)[O-])cc1Cl)c1ccccc1)c1cccc2ncccc12. The maximum absolute atomic E-state index is 13.1. The Balaban J connectivity index is 1.64. The third kappa shape index (κ3) is 4.81. The van der Waals surface area contributed by atoms with E-state index in [1.54, 1.807) is 66.9 Å². The van der Waals surface area contributed by atoms with Gasteiger partial charge in [0, 0.05) is 29.3 Å². The van der Waals surface area contributed by atoms with Crippen molar-refractivity contribution in [3.63, 3.8) is 0 Å². The van der Waals surface area contributed by atoms with Crippen LogP contribution in [0.25, 0.3) is 10.9 Å². The molecular weight excluding hydrogens is 446 g/mol. The number of esters is 1. The zero-order valence-corrected chi connectivity index (χ0v) is 17.7. The number of non-ortho nitro benzene ring substituents is 1. The number of ether oxygens (including phenoxy) is 1. The minimum atomic E-state index is -1.29. The Morgan fingerprint density at radius 3 is 2.52 bits per heavy atom. The van der Waals surface area contributed by atoms with Crippen LogP contribution in [0, 0.1) is 10.1 Å². The molecule has 1 N–H and O–H groups in total. The van der Waals surface area contributed by atoms with Crippen LogP contribution in [0.4, 0.5) is 11.4 Å². The third-order valence-electron chi connectivity index (χ3n) is 4.85. The summed E-state index contributed by atoms with van der Waals surface area (Å²) in [5.41, 5.74) is 1.26. The molecule has 1 heterocycles. The Kier molecular flexibility index (Phi) is 6.28. The summed E-state index contributed by atoms with van der Waals surface area (Å²) in [4.78, 5) is 40.7. The lowest BCUT2D eigenvalue weighted by Crippen LogP contribution is -2.26. The van der Waals surface area contributed by atoms with E-state index in [0.717, 1.165) is 6.07 Å². The Hall–Kier alpha value is -4.30. The first-order valence-electron chi connectivity index (χ1n) is 9.78. The zero-order valence-electron chi connectivity index (χ0n) is 17.0. The average Bonchev–Trinajstić information content (AvgIpc) is 2.83. The number of hydrogen-bond acceptors (Lipinski definition) is 6. The van der Waals surface area contributed by atoms with Crippen molar-refractivity contribution in [3.05, 3.63) is 111 Å². The van der Waals surface area contributed by atoms with Gasteiger partial charge in [0.1, 0.15) is 0 Å². The minimum Gasteiger partial charge on any atom is -0.444 e. The summed E-state index contributed by atoms with van der Waals surface area (Å²) in [6.45, 7) is 0. The number of amides is 1. The Labute approximate surface area is 192 Å². The maximum atomic E-state index is 13.1. The number of nitrogens with one attached hydrogen (secondary N) is 1. The van der Waals surface area contributed by atoms with Crippen molar-refractivity contribution < 1.29 is 19.2 Å². The first kappa shape index (κ1) is 21.9. The lowest BCUT2D eigenvalue weighted by Gasteiger charge is -2.19. The topological polar surface area (TPSA) is 111 Å². The van der Waals surface area contributed by atoms with Crippen molar-refractivity contribution in [2.75, 3.05) is 5.32 Å². The number of rotatable bonds is 6. The number of benzene rings is 3. The summed E-state index contributed by atoms with van der Waals surface area (Å²) >= 11 is 6.10. The molecule has 0 fully saturated rings. The van der Waals surface area contributed by atoms with Crippen LogP contribution in [0.5, 0.6) is 0 Å². The molecule has 0 radical (unpaired) electrons. The van der Waals surface area contributed by atoms with E-state index in [1.165, 1.54) is 12.1 Å². The second-order valence-corrected chi connectivity index (χ2v) is 7.39. The molecule has 4 aromatic rings. The summed E-state index contributed by atoms with van der Waals surface area (Å²) in [6, 6.07) is 20.7. The molecule has 0 saturated carbocycles. The van der Waals surface area contributed by atoms with Crippen LogP contribution in [0.15, 0.2) is 85.1 Å². The fourth-order valence-corrected chi connectivity index (χ4v) is 3.49. The number of anilines is 1. The molecule has 1 aromatic heterocycles. The van der Waals surface area contributed by atoms with Crippen LogP contribution in [0.3, 0.4) is 0 Å². The molecule has 0 spiro atoms. The normalized spacial score (nSPS) is 11.5. The smallest absolute Gasteiger partial charge is 0.339 e. The number of pyridine rings is 1. The van der Waals surface area contributed by atoms with Gasteiger partial charge in [0.2, 0.25) is 6.10 Å². The summed E-state index contributed by atoms with van der Waals surface area (Å²) < 4.78 is 5.64. The molecular formula is C24H16ClN3O5. The second-order valence-electron chi connectivity index (χ2n) is 6.98. The number of aromatic nitrogens is 1. The molecule has 0 aliphatic heterocycles. The Bertz CT molecular complexity index is 1360. The van der Waals surface area contributed by atoms with Gasteiger partial charge in [-0.05, 0) is 24.3 Å². The highest BCUT2D eigenvalue weighted by Crippen LogP contribution is 2.29. The van der Waals surface area contributed by atoms with Gasteiger partial charge < -0.3 is 10.1 Å². The van der Waals surface area contributed by atoms with E-state index < -0.39 is 22.9 Å². The van der Waals surface area contributed by atoms with Gasteiger partial charge in [-0.15, -0.1) is 0 Å². The molecule has 1 unspecified atom stereocenters. The Morgan fingerprint density at radius 1 is 1.00 bits per heavy atom. The molecule has 4 rings (SSSR count). The van der Waals surface area contributed by atoms with E-state index in [0.29, 0.717) is 16.5 Å². The first-order chi connectivity index (χ1) is 15.9. The molecule has 0 bridgehead atoms. The van der Waals surface area contributed by atoms with Gasteiger partial charge in [-0.25, -0.2) is 4.79 Å². The number of fused-ring (bicyclic) bond motifs is 1. The van der Waals surface area contributed by atoms with Crippen molar-refractivity contribution in [1.29, 1.82) is 0 Å². The molecule has 0 aliphatic carbocycles. The lowest BCUT2D eigenvalue weighted by atomic mass is 10.1. The van der Waals surface area contributed by atoms with Crippen molar-refractivity contribution >= 4 is 45.8 Å². The van der Waals surface area contributed by atoms with E-state index in [9.17, 15) is 19.7 Å². The first-order valence-corrected chi connectivity index (χ1v) is 10.2. The minimum absolute atomic E-state index is 0.0178. The standard InChI is InChI=1S/C24H16ClN3O5/c25-19-14-16(28(31)32)11-12-21(19)27-23(29)22(15-6-2-1-3-7-15)33-24(30)18-8-4-10-20-17(18)9-5-13-26-20/h1-14,22H,(H,27,29). The lowest BCUT2D eigenvalue weighted by molar-refractivity contribution is -0.384. The maximum Gasteiger partial charge on any atom is 0.339 e. The van der Waals surface area contributed by atoms with E-state index in [-0.39, 0.29) is 22.0 Å². The number of nitro groups is 1. The van der Waals surface area contributed by atoms with Crippen LogP contribution in [0.2, 0.25) is 5.02 Å².